The zero-order valence-corrected chi connectivity index (χ0v) is 13.3. The minimum atomic E-state index is -0.382. The number of nitriles is 1. The smallest absolute Gasteiger partial charge is 0.229 e. The Kier molecular flexibility index (Phi) is 4.30. The molecule has 2 aromatic rings. The summed E-state index contributed by atoms with van der Waals surface area (Å²) in [5.41, 5.74) is 3.03. The molecule has 1 N–H and O–H groups in total. The van der Waals surface area contributed by atoms with Crippen molar-refractivity contribution in [2.45, 2.75) is 13.3 Å². The zero-order chi connectivity index (χ0) is 17.1. The molecule has 0 radical (unpaired) electrons. The second-order valence-electron chi connectivity index (χ2n) is 5.87. The molecule has 2 aromatic carbocycles. The van der Waals surface area contributed by atoms with E-state index in [1.165, 1.54) is 0 Å². The third-order valence-electron chi connectivity index (χ3n) is 4.18. The third-order valence-corrected chi connectivity index (χ3v) is 4.18. The fourth-order valence-corrected chi connectivity index (χ4v) is 2.85. The van der Waals surface area contributed by atoms with Gasteiger partial charge in [-0.05, 0) is 42.8 Å². The largest absolute Gasteiger partial charge is 0.326 e. The quantitative estimate of drug-likeness (QED) is 0.945. The number of aryl methyl sites for hydroxylation is 1. The summed E-state index contributed by atoms with van der Waals surface area (Å²) in [5.74, 6) is -0.596. The number of carbonyl (C=O) groups is 2. The molecule has 1 fully saturated rings. The number of hydrogen-bond donors (Lipinski definition) is 1. The van der Waals surface area contributed by atoms with Crippen LogP contribution in [0, 0.1) is 24.2 Å². The van der Waals surface area contributed by atoms with Crippen molar-refractivity contribution in [2.75, 3.05) is 16.8 Å². The van der Waals surface area contributed by atoms with Crippen LogP contribution >= 0.6 is 0 Å². The van der Waals surface area contributed by atoms with Gasteiger partial charge in [-0.2, -0.15) is 5.26 Å². The molecule has 0 bridgehead atoms. The van der Waals surface area contributed by atoms with Crippen LogP contribution < -0.4 is 10.2 Å². The van der Waals surface area contributed by atoms with E-state index in [1.54, 1.807) is 29.2 Å². The summed E-state index contributed by atoms with van der Waals surface area (Å²) >= 11 is 0. The molecule has 0 spiro atoms. The van der Waals surface area contributed by atoms with Crippen molar-refractivity contribution in [2.24, 2.45) is 5.92 Å². The summed E-state index contributed by atoms with van der Waals surface area (Å²) in [6.07, 6.45) is 0.205. The van der Waals surface area contributed by atoms with Crippen LogP contribution in [-0.2, 0) is 9.59 Å². The van der Waals surface area contributed by atoms with Crippen LogP contribution in [0.25, 0.3) is 0 Å². The van der Waals surface area contributed by atoms with Crippen molar-refractivity contribution in [3.63, 3.8) is 0 Å². The van der Waals surface area contributed by atoms with Gasteiger partial charge in [0.2, 0.25) is 11.8 Å². The molecule has 0 saturated carbocycles. The van der Waals surface area contributed by atoms with Gasteiger partial charge in [0.25, 0.3) is 0 Å². The average molecular weight is 319 g/mol. The van der Waals surface area contributed by atoms with Gasteiger partial charge in [-0.15, -0.1) is 0 Å². The second kappa shape index (κ2) is 6.55. The molecule has 0 aromatic heterocycles. The van der Waals surface area contributed by atoms with Gasteiger partial charge in [0, 0.05) is 24.3 Å². The Hall–Kier alpha value is -3.13. The number of carbonyl (C=O) groups excluding carboxylic acids is 2. The first-order chi connectivity index (χ1) is 11.6. The van der Waals surface area contributed by atoms with Gasteiger partial charge in [-0.25, -0.2) is 0 Å². The first-order valence-corrected chi connectivity index (χ1v) is 7.75. The fourth-order valence-electron chi connectivity index (χ4n) is 2.85. The third kappa shape index (κ3) is 3.13. The van der Waals surface area contributed by atoms with E-state index in [9.17, 15) is 9.59 Å². The molecule has 1 saturated heterocycles. The SMILES string of the molecule is Cc1ccccc1N1CC(C(=O)Nc2ccc(C#N)cc2)CC1=O. The first kappa shape index (κ1) is 15.8. The highest BCUT2D eigenvalue weighted by Crippen LogP contribution is 2.28. The molecule has 5 nitrogen and oxygen atoms in total. The van der Waals surface area contributed by atoms with Crippen LogP contribution in [0.15, 0.2) is 48.5 Å². The van der Waals surface area contributed by atoms with Gasteiger partial charge in [0.1, 0.15) is 0 Å². The zero-order valence-electron chi connectivity index (χ0n) is 13.3. The van der Waals surface area contributed by atoms with E-state index >= 15 is 0 Å². The molecule has 1 aliphatic heterocycles. The lowest BCUT2D eigenvalue weighted by Crippen LogP contribution is -2.28. The standard InChI is InChI=1S/C19H17N3O2/c1-13-4-2-3-5-17(13)22-12-15(10-18(22)23)19(24)21-16-8-6-14(11-20)7-9-16/h2-9,15H,10,12H2,1H3,(H,21,24). The summed E-state index contributed by atoms with van der Waals surface area (Å²) < 4.78 is 0. The number of nitrogens with one attached hydrogen (secondary N) is 1. The maximum Gasteiger partial charge on any atom is 0.229 e. The summed E-state index contributed by atoms with van der Waals surface area (Å²) in [6, 6.07) is 16.4. The molecule has 1 atom stereocenters. The van der Waals surface area contributed by atoms with Crippen molar-refractivity contribution in [1.82, 2.24) is 0 Å². The van der Waals surface area contributed by atoms with E-state index in [0.29, 0.717) is 17.8 Å². The minimum Gasteiger partial charge on any atom is -0.326 e. The molecule has 1 aliphatic rings. The lowest BCUT2D eigenvalue weighted by atomic mass is 10.1. The number of anilines is 2. The summed E-state index contributed by atoms with van der Waals surface area (Å²) in [6.45, 7) is 2.33. The average Bonchev–Trinajstić information content (AvgIpc) is 2.98. The Balaban J connectivity index is 1.70. The lowest BCUT2D eigenvalue weighted by molar-refractivity contribution is -0.122. The maximum absolute atomic E-state index is 12.4. The van der Waals surface area contributed by atoms with Crippen LogP contribution in [0.5, 0.6) is 0 Å². The van der Waals surface area contributed by atoms with Gasteiger partial charge in [-0.3, -0.25) is 9.59 Å². The summed E-state index contributed by atoms with van der Waals surface area (Å²) in [4.78, 5) is 26.4. The van der Waals surface area contributed by atoms with Crippen LogP contribution in [0.1, 0.15) is 17.5 Å². The molecule has 3 rings (SSSR count). The Morgan fingerprint density at radius 2 is 1.92 bits per heavy atom. The van der Waals surface area contributed by atoms with Gasteiger partial charge in [0.05, 0.1) is 17.6 Å². The van der Waals surface area contributed by atoms with Crippen LogP contribution in [0.4, 0.5) is 11.4 Å². The first-order valence-electron chi connectivity index (χ1n) is 7.75. The van der Waals surface area contributed by atoms with E-state index in [0.717, 1.165) is 11.3 Å². The topological polar surface area (TPSA) is 73.2 Å². The van der Waals surface area contributed by atoms with Crippen LogP contribution in [0.2, 0.25) is 0 Å². The number of hydrogen-bond acceptors (Lipinski definition) is 3. The fraction of sp³-hybridized carbons (Fsp3) is 0.211. The van der Waals surface area contributed by atoms with Crippen molar-refractivity contribution in [1.29, 1.82) is 5.26 Å². The number of para-hydroxylation sites is 1. The van der Waals surface area contributed by atoms with E-state index in [1.807, 2.05) is 37.3 Å². The van der Waals surface area contributed by atoms with Gasteiger partial charge >= 0.3 is 0 Å². The van der Waals surface area contributed by atoms with Crippen LogP contribution in [0.3, 0.4) is 0 Å². The predicted molar refractivity (Wildman–Crippen MR) is 91.4 cm³/mol. The maximum atomic E-state index is 12.4. The normalized spacial score (nSPS) is 16.8. The highest BCUT2D eigenvalue weighted by Gasteiger charge is 2.35. The number of benzene rings is 2. The van der Waals surface area contributed by atoms with Crippen molar-refractivity contribution in [3.8, 4) is 6.07 Å². The van der Waals surface area contributed by atoms with E-state index in [-0.39, 0.29) is 24.2 Å². The summed E-state index contributed by atoms with van der Waals surface area (Å²) in [5, 5.41) is 11.6. The van der Waals surface area contributed by atoms with Crippen molar-refractivity contribution < 1.29 is 9.59 Å². The molecule has 5 heteroatoms. The van der Waals surface area contributed by atoms with Gasteiger partial charge in [-0.1, -0.05) is 18.2 Å². The van der Waals surface area contributed by atoms with Crippen LogP contribution in [-0.4, -0.2) is 18.4 Å². The van der Waals surface area contributed by atoms with Crippen molar-refractivity contribution >= 4 is 23.2 Å². The number of nitrogens with zero attached hydrogens (tertiary/aromatic N) is 2. The highest BCUT2D eigenvalue weighted by molar-refractivity contribution is 6.03. The molecule has 1 heterocycles. The Morgan fingerprint density at radius 3 is 2.58 bits per heavy atom. The molecule has 120 valence electrons. The summed E-state index contributed by atoms with van der Waals surface area (Å²) in [7, 11) is 0. The lowest BCUT2D eigenvalue weighted by Gasteiger charge is -2.19. The monoisotopic (exact) mass is 319 g/mol. The van der Waals surface area contributed by atoms with E-state index in [2.05, 4.69) is 5.32 Å². The second-order valence-corrected chi connectivity index (χ2v) is 5.87. The number of rotatable bonds is 3. The minimum absolute atomic E-state index is 0.0377. The van der Waals surface area contributed by atoms with Gasteiger partial charge < -0.3 is 10.2 Å². The highest BCUT2D eigenvalue weighted by atomic mass is 16.2. The molecular formula is C19H17N3O2. The molecule has 0 aliphatic carbocycles. The molecule has 2 amide bonds. The van der Waals surface area contributed by atoms with E-state index < -0.39 is 0 Å². The Morgan fingerprint density at radius 1 is 1.21 bits per heavy atom. The van der Waals surface area contributed by atoms with E-state index in [4.69, 9.17) is 5.26 Å². The molecule has 24 heavy (non-hydrogen) atoms. The molecule has 1 unspecified atom stereocenters. The molecular weight excluding hydrogens is 302 g/mol. The Labute approximate surface area is 140 Å². The van der Waals surface area contributed by atoms with Crippen molar-refractivity contribution in [3.05, 3.63) is 59.7 Å². The number of amides is 2. The predicted octanol–water partition coefficient (Wildman–Crippen LogP) is 2.86. The Bertz CT molecular complexity index is 821. The van der Waals surface area contributed by atoms with Gasteiger partial charge in [0.15, 0.2) is 0 Å².